The van der Waals surface area contributed by atoms with Crippen LogP contribution in [0.4, 0.5) is 16.2 Å². The average molecular weight is 601 g/mol. The van der Waals surface area contributed by atoms with Gasteiger partial charge in [-0.1, -0.05) is 48.0 Å². The Hall–Kier alpha value is -4.41. The molecule has 1 atom stereocenters. The molecule has 1 aliphatic heterocycles. The van der Waals surface area contributed by atoms with Gasteiger partial charge in [0, 0.05) is 54.2 Å². The molecule has 3 N–H and O–H groups in total. The number of hydrogen-bond acceptors (Lipinski definition) is 6. The smallest absolute Gasteiger partial charge is 0.321 e. The van der Waals surface area contributed by atoms with Crippen LogP contribution in [0, 0.1) is 5.92 Å². The number of hydrogen-bond donors (Lipinski definition) is 2. The number of halogens is 1. The van der Waals surface area contributed by atoms with Crippen LogP contribution in [0.15, 0.2) is 96.2 Å². The van der Waals surface area contributed by atoms with Gasteiger partial charge in [0.25, 0.3) is 10.0 Å². The molecule has 1 fully saturated rings. The molecule has 6 rings (SSSR count). The largest absolute Gasteiger partial charge is 0.399 e. The third-order valence-electron chi connectivity index (χ3n) is 7.47. The van der Waals surface area contributed by atoms with Crippen molar-refractivity contribution in [2.24, 2.45) is 5.92 Å². The highest BCUT2D eigenvalue weighted by molar-refractivity contribution is 7.90. The third kappa shape index (κ3) is 5.55. The average Bonchev–Trinajstić information content (AvgIpc) is 3.40. The lowest BCUT2D eigenvalue weighted by atomic mass is 9.94. The maximum Gasteiger partial charge on any atom is 0.321 e. The number of para-hydroxylation sites is 1. The van der Waals surface area contributed by atoms with Crippen LogP contribution in [0.25, 0.3) is 22.2 Å². The van der Waals surface area contributed by atoms with Crippen LogP contribution in [0.1, 0.15) is 18.7 Å². The van der Waals surface area contributed by atoms with E-state index in [2.05, 4.69) is 10.3 Å². The Labute approximate surface area is 249 Å². The summed E-state index contributed by atoms with van der Waals surface area (Å²) in [5.74, 6) is 0.743. The van der Waals surface area contributed by atoms with E-state index in [0.29, 0.717) is 63.9 Å². The lowest BCUT2D eigenvalue weighted by molar-refractivity contribution is 0.176. The minimum Gasteiger partial charge on any atom is -0.399 e. The minimum atomic E-state index is -3.86. The summed E-state index contributed by atoms with van der Waals surface area (Å²) in [5.41, 5.74) is 8.67. The topological polar surface area (TPSA) is 123 Å². The fourth-order valence-electron chi connectivity index (χ4n) is 5.38. The van der Waals surface area contributed by atoms with Gasteiger partial charge in [0.2, 0.25) is 0 Å². The Morgan fingerprint density at radius 3 is 2.55 bits per heavy atom. The number of amides is 2. The second kappa shape index (κ2) is 11.5. The highest BCUT2D eigenvalue weighted by Crippen LogP contribution is 2.35. The maximum atomic E-state index is 13.6. The SMILES string of the molecule is Nc1ccc(NC(=O)N2CCCC(Cc3ncc(Cl)c(-c4cn(S(=O)(=O)c5ccccc5)c5ccccc45)n3)C2)cc1. The van der Waals surface area contributed by atoms with Gasteiger partial charge >= 0.3 is 6.03 Å². The van der Waals surface area contributed by atoms with Crippen molar-refractivity contribution in [3.05, 3.63) is 102 Å². The molecule has 214 valence electrons. The molecule has 0 bridgehead atoms. The summed E-state index contributed by atoms with van der Waals surface area (Å²) in [6.45, 7) is 1.23. The number of carbonyl (C=O) groups is 1. The van der Waals surface area contributed by atoms with E-state index in [1.54, 1.807) is 79.1 Å². The number of nitrogens with zero attached hydrogens (tertiary/aromatic N) is 4. The molecule has 1 unspecified atom stereocenters. The van der Waals surface area contributed by atoms with Crippen LogP contribution in [0.2, 0.25) is 5.02 Å². The quantitative estimate of drug-likeness (QED) is 0.228. The zero-order valence-corrected chi connectivity index (χ0v) is 24.2. The third-order valence-corrected chi connectivity index (χ3v) is 9.43. The number of benzene rings is 3. The molecule has 3 heterocycles. The van der Waals surface area contributed by atoms with E-state index in [0.717, 1.165) is 12.8 Å². The van der Waals surface area contributed by atoms with Crippen molar-refractivity contribution in [2.45, 2.75) is 24.2 Å². The van der Waals surface area contributed by atoms with Gasteiger partial charge in [-0.2, -0.15) is 0 Å². The number of rotatable bonds is 6. The first-order chi connectivity index (χ1) is 20.3. The van der Waals surface area contributed by atoms with Crippen LogP contribution < -0.4 is 11.1 Å². The number of fused-ring (bicyclic) bond motifs is 1. The van der Waals surface area contributed by atoms with Crippen molar-refractivity contribution in [2.75, 3.05) is 24.1 Å². The summed E-state index contributed by atoms with van der Waals surface area (Å²) in [6, 6.07) is 22.5. The summed E-state index contributed by atoms with van der Waals surface area (Å²) in [6.07, 6.45) is 5.49. The molecule has 0 spiro atoms. The molecule has 3 aromatic carbocycles. The van der Waals surface area contributed by atoms with Crippen LogP contribution in [0.5, 0.6) is 0 Å². The van der Waals surface area contributed by atoms with Gasteiger partial charge in [-0.05, 0) is 61.2 Å². The normalized spacial score (nSPS) is 15.5. The molecule has 1 aliphatic rings. The minimum absolute atomic E-state index is 0.157. The van der Waals surface area contributed by atoms with Crippen molar-refractivity contribution in [1.29, 1.82) is 0 Å². The molecule has 5 aromatic rings. The van der Waals surface area contributed by atoms with E-state index >= 15 is 0 Å². The Balaban J connectivity index is 1.26. The predicted molar refractivity (Wildman–Crippen MR) is 165 cm³/mol. The van der Waals surface area contributed by atoms with E-state index < -0.39 is 10.0 Å². The van der Waals surface area contributed by atoms with Gasteiger partial charge in [-0.25, -0.2) is 27.2 Å². The lowest BCUT2D eigenvalue weighted by Gasteiger charge is -2.32. The highest BCUT2D eigenvalue weighted by atomic mass is 35.5. The number of carbonyl (C=O) groups excluding carboxylic acids is 1. The molecule has 2 aromatic heterocycles. The summed E-state index contributed by atoms with van der Waals surface area (Å²) in [4.78, 5) is 24.2. The molecule has 1 saturated heterocycles. The van der Waals surface area contributed by atoms with Gasteiger partial charge in [-0.15, -0.1) is 0 Å². The van der Waals surface area contributed by atoms with Gasteiger partial charge < -0.3 is 16.0 Å². The number of nitrogens with two attached hydrogens (primary N) is 1. The number of aromatic nitrogens is 3. The number of nitrogens with one attached hydrogen (secondary N) is 1. The number of nitrogen functional groups attached to an aromatic ring is 1. The Bertz CT molecular complexity index is 1860. The van der Waals surface area contributed by atoms with Crippen LogP contribution in [-0.4, -0.2) is 46.4 Å². The lowest BCUT2D eigenvalue weighted by Crippen LogP contribution is -2.43. The zero-order valence-electron chi connectivity index (χ0n) is 22.7. The number of anilines is 2. The van der Waals surface area contributed by atoms with Gasteiger partial charge in [0.1, 0.15) is 5.82 Å². The first-order valence-electron chi connectivity index (χ1n) is 13.6. The summed E-state index contributed by atoms with van der Waals surface area (Å²) < 4.78 is 28.4. The summed E-state index contributed by atoms with van der Waals surface area (Å²) >= 11 is 6.61. The van der Waals surface area contributed by atoms with Gasteiger partial charge in [0.15, 0.2) is 0 Å². The van der Waals surface area contributed by atoms with Crippen LogP contribution >= 0.6 is 11.6 Å². The van der Waals surface area contributed by atoms with Crippen molar-refractivity contribution in [3.8, 4) is 11.3 Å². The summed E-state index contributed by atoms with van der Waals surface area (Å²) in [5, 5.41) is 3.98. The maximum absolute atomic E-state index is 13.6. The summed E-state index contributed by atoms with van der Waals surface area (Å²) in [7, 11) is -3.86. The number of piperidine rings is 1. The fraction of sp³-hybridized carbons (Fsp3) is 0.194. The van der Waals surface area contributed by atoms with Crippen molar-refractivity contribution < 1.29 is 13.2 Å². The van der Waals surface area contributed by atoms with Crippen LogP contribution in [-0.2, 0) is 16.4 Å². The van der Waals surface area contributed by atoms with Crippen molar-refractivity contribution >= 4 is 49.9 Å². The Kier molecular flexibility index (Phi) is 7.57. The van der Waals surface area contributed by atoms with E-state index in [9.17, 15) is 13.2 Å². The molecule has 2 amide bonds. The second-order valence-corrected chi connectivity index (χ2v) is 12.6. The molecule has 0 aliphatic carbocycles. The standard InChI is InChI=1S/C31H29ClN6O3S/c32-27-18-34-29(17-21-7-6-16-37(19-21)31(39)35-23-14-12-22(33)13-15-23)36-30(27)26-20-38(28-11-5-4-10-25(26)28)42(40,41)24-8-2-1-3-9-24/h1-5,8-15,18,20-21H,6-7,16-17,19,33H2,(H,35,39). The van der Waals surface area contributed by atoms with E-state index in [1.807, 2.05) is 17.0 Å². The van der Waals surface area contributed by atoms with E-state index in [-0.39, 0.29) is 16.8 Å². The second-order valence-electron chi connectivity index (χ2n) is 10.4. The van der Waals surface area contributed by atoms with E-state index in [4.69, 9.17) is 22.3 Å². The van der Waals surface area contributed by atoms with Gasteiger partial charge in [0.05, 0.1) is 21.1 Å². The Morgan fingerprint density at radius 1 is 1.02 bits per heavy atom. The molecular formula is C31H29ClN6O3S. The van der Waals surface area contributed by atoms with Crippen molar-refractivity contribution in [3.63, 3.8) is 0 Å². The van der Waals surface area contributed by atoms with E-state index in [1.165, 1.54) is 3.97 Å². The monoisotopic (exact) mass is 600 g/mol. The molecule has 0 radical (unpaired) electrons. The highest BCUT2D eigenvalue weighted by Gasteiger charge is 2.26. The fourth-order valence-corrected chi connectivity index (χ4v) is 6.96. The number of likely N-dealkylation sites (tertiary alicyclic amines) is 1. The number of urea groups is 1. The molecular weight excluding hydrogens is 572 g/mol. The van der Waals surface area contributed by atoms with Crippen molar-refractivity contribution in [1.82, 2.24) is 18.8 Å². The molecule has 0 saturated carbocycles. The zero-order chi connectivity index (χ0) is 29.3. The predicted octanol–water partition coefficient (Wildman–Crippen LogP) is 6.06. The first-order valence-corrected chi connectivity index (χ1v) is 15.5. The Morgan fingerprint density at radius 2 is 1.76 bits per heavy atom. The van der Waals surface area contributed by atoms with Gasteiger partial charge in [-0.3, -0.25) is 0 Å². The first kappa shape index (κ1) is 27.7. The molecule has 9 nitrogen and oxygen atoms in total. The van der Waals surface area contributed by atoms with Crippen LogP contribution in [0.3, 0.4) is 0 Å². The molecule has 11 heteroatoms. The molecule has 42 heavy (non-hydrogen) atoms.